The van der Waals surface area contributed by atoms with E-state index in [1.807, 2.05) is 0 Å². The first-order valence-electron chi connectivity index (χ1n) is 4.74. The Labute approximate surface area is 94.4 Å². The van der Waals surface area contributed by atoms with Gasteiger partial charge in [-0.05, 0) is 6.07 Å². The van der Waals surface area contributed by atoms with Gasteiger partial charge in [-0.3, -0.25) is 0 Å². The Morgan fingerprint density at radius 1 is 1.24 bits per heavy atom. The molecular weight excluding hydrogens is 222 g/mol. The van der Waals surface area contributed by atoms with E-state index in [0.29, 0.717) is 11.2 Å². The minimum atomic E-state index is -0.497. The Bertz CT molecular complexity index is 744. The Morgan fingerprint density at radius 3 is 2.94 bits per heavy atom. The summed E-state index contributed by atoms with van der Waals surface area (Å²) in [6, 6.07) is 1.52. The fourth-order valence-electron chi connectivity index (χ4n) is 1.49. The van der Waals surface area contributed by atoms with Crippen molar-refractivity contribution in [3.05, 3.63) is 41.6 Å². The highest BCUT2D eigenvalue weighted by Crippen LogP contribution is 2.06. The van der Waals surface area contributed by atoms with E-state index in [1.165, 1.54) is 34.3 Å². The summed E-state index contributed by atoms with van der Waals surface area (Å²) < 4.78 is 2.74. The van der Waals surface area contributed by atoms with Crippen molar-refractivity contribution < 1.29 is 0 Å². The van der Waals surface area contributed by atoms with Gasteiger partial charge in [0.2, 0.25) is 0 Å². The quantitative estimate of drug-likeness (QED) is 0.590. The van der Waals surface area contributed by atoms with Crippen molar-refractivity contribution in [3.8, 4) is 0 Å². The molecule has 3 aromatic heterocycles. The molecule has 0 aliphatic heterocycles. The average Bonchev–Trinajstić information content (AvgIpc) is 2.73. The van der Waals surface area contributed by atoms with Crippen molar-refractivity contribution in [1.29, 1.82) is 0 Å². The maximum absolute atomic E-state index is 11.7. The summed E-state index contributed by atoms with van der Waals surface area (Å²) in [6.07, 6.45) is 5.93. The molecule has 8 heteroatoms. The third-order valence-electron chi connectivity index (χ3n) is 2.24. The highest BCUT2D eigenvalue weighted by Gasteiger charge is 2.06. The molecule has 0 bridgehead atoms. The molecule has 17 heavy (non-hydrogen) atoms. The lowest BCUT2D eigenvalue weighted by Crippen LogP contribution is -2.27. The van der Waals surface area contributed by atoms with Crippen LogP contribution in [0.3, 0.4) is 0 Å². The lowest BCUT2D eigenvalue weighted by atomic mass is 10.6. The first-order valence-corrected chi connectivity index (χ1v) is 4.74. The summed E-state index contributed by atoms with van der Waals surface area (Å²) in [5, 5.41) is 0. The van der Waals surface area contributed by atoms with Gasteiger partial charge in [0.15, 0.2) is 5.65 Å². The lowest BCUT2D eigenvalue weighted by molar-refractivity contribution is 0.624. The number of anilines is 1. The summed E-state index contributed by atoms with van der Waals surface area (Å²) in [6.45, 7) is 0. The van der Waals surface area contributed by atoms with Gasteiger partial charge in [-0.25, -0.2) is 29.1 Å². The number of hydrogen-bond donors (Lipinski definition) is 1. The van der Waals surface area contributed by atoms with E-state index in [9.17, 15) is 4.79 Å². The molecule has 0 spiro atoms. The van der Waals surface area contributed by atoms with Crippen LogP contribution in [-0.4, -0.2) is 29.3 Å². The number of fused-ring (bicyclic) bond motifs is 1. The number of nitrogens with zero attached hydrogens (tertiary/aromatic N) is 6. The standard InChI is InChI=1S/C9H7N7O/c10-7-1-2-15(9(17)14-7)16-5-13-6-3-11-4-12-8(6)16/h1-5H,(H2,10,14,17). The highest BCUT2D eigenvalue weighted by atomic mass is 16.2. The zero-order valence-corrected chi connectivity index (χ0v) is 8.56. The van der Waals surface area contributed by atoms with Gasteiger partial charge in [0.1, 0.15) is 24.0 Å². The van der Waals surface area contributed by atoms with E-state index >= 15 is 0 Å². The van der Waals surface area contributed by atoms with E-state index in [4.69, 9.17) is 5.73 Å². The van der Waals surface area contributed by atoms with Gasteiger partial charge >= 0.3 is 5.69 Å². The van der Waals surface area contributed by atoms with Crippen LogP contribution < -0.4 is 11.4 Å². The number of imidazole rings is 1. The molecule has 3 aromatic rings. The van der Waals surface area contributed by atoms with Gasteiger partial charge < -0.3 is 5.73 Å². The van der Waals surface area contributed by atoms with Crippen LogP contribution in [0.4, 0.5) is 5.82 Å². The van der Waals surface area contributed by atoms with E-state index in [-0.39, 0.29) is 5.82 Å². The normalized spacial score (nSPS) is 10.8. The molecule has 0 unspecified atom stereocenters. The number of nitrogens with two attached hydrogens (primary N) is 1. The first kappa shape index (κ1) is 9.46. The van der Waals surface area contributed by atoms with Crippen molar-refractivity contribution in [3.63, 3.8) is 0 Å². The Hall–Kier alpha value is -2.77. The molecule has 8 nitrogen and oxygen atoms in total. The topological polar surface area (TPSA) is 105 Å². The zero-order valence-electron chi connectivity index (χ0n) is 8.56. The van der Waals surface area contributed by atoms with Gasteiger partial charge in [0, 0.05) is 6.20 Å². The van der Waals surface area contributed by atoms with E-state index in [2.05, 4.69) is 19.9 Å². The van der Waals surface area contributed by atoms with Crippen LogP contribution in [-0.2, 0) is 0 Å². The summed E-state index contributed by atoms with van der Waals surface area (Å²) in [5.74, 6) is 0.172. The minimum absolute atomic E-state index is 0.172. The maximum Gasteiger partial charge on any atom is 0.368 e. The van der Waals surface area contributed by atoms with Crippen molar-refractivity contribution in [2.24, 2.45) is 0 Å². The second kappa shape index (κ2) is 3.37. The highest BCUT2D eigenvalue weighted by molar-refractivity contribution is 5.68. The summed E-state index contributed by atoms with van der Waals surface area (Å²) in [5.41, 5.74) is 6.04. The second-order valence-corrected chi connectivity index (χ2v) is 3.30. The van der Waals surface area contributed by atoms with Crippen molar-refractivity contribution in [1.82, 2.24) is 29.3 Å². The molecule has 3 heterocycles. The fourth-order valence-corrected chi connectivity index (χ4v) is 1.49. The molecule has 0 atom stereocenters. The van der Waals surface area contributed by atoms with Crippen LogP contribution in [0.1, 0.15) is 0 Å². The molecule has 2 N–H and O–H groups in total. The van der Waals surface area contributed by atoms with E-state index in [0.717, 1.165) is 0 Å². The number of hydrogen-bond acceptors (Lipinski definition) is 6. The molecule has 84 valence electrons. The first-order chi connectivity index (χ1) is 8.25. The minimum Gasteiger partial charge on any atom is -0.383 e. The fraction of sp³-hybridized carbons (Fsp3) is 0. The van der Waals surface area contributed by atoms with Crippen LogP contribution >= 0.6 is 0 Å². The van der Waals surface area contributed by atoms with Gasteiger partial charge in [0.25, 0.3) is 0 Å². The largest absolute Gasteiger partial charge is 0.383 e. The van der Waals surface area contributed by atoms with Crippen LogP contribution in [0.15, 0.2) is 35.9 Å². The molecule has 0 fully saturated rings. The molecule has 0 aromatic carbocycles. The van der Waals surface area contributed by atoms with Crippen molar-refractivity contribution in [2.75, 3.05) is 5.73 Å². The zero-order chi connectivity index (χ0) is 11.8. The monoisotopic (exact) mass is 229 g/mol. The molecule has 0 aliphatic rings. The van der Waals surface area contributed by atoms with Crippen LogP contribution in [0, 0.1) is 0 Å². The number of rotatable bonds is 1. The van der Waals surface area contributed by atoms with E-state index < -0.39 is 5.69 Å². The second-order valence-electron chi connectivity index (χ2n) is 3.30. The van der Waals surface area contributed by atoms with Gasteiger partial charge in [-0.15, -0.1) is 0 Å². The molecule has 0 radical (unpaired) electrons. The van der Waals surface area contributed by atoms with Gasteiger partial charge in [0.05, 0.1) is 6.20 Å². The average molecular weight is 229 g/mol. The summed E-state index contributed by atoms with van der Waals surface area (Å²) in [7, 11) is 0. The van der Waals surface area contributed by atoms with Crippen LogP contribution in [0.5, 0.6) is 0 Å². The molecule has 3 rings (SSSR count). The lowest BCUT2D eigenvalue weighted by Gasteiger charge is -2.05. The molecular formula is C9H7N7O. The third-order valence-corrected chi connectivity index (χ3v) is 2.24. The van der Waals surface area contributed by atoms with Crippen LogP contribution in [0.25, 0.3) is 11.2 Å². The smallest absolute Gasteiger partial charge is 0.368 e. The Morgan fingerprint density at radius 2 is 2.12 bits per heavy atom. The maximum atomic E-state index is 11.7. The Kier molecular flexibility index (Phi) is 1.87. The van der Waals surface area contributed by atoms with E-state index in [1.54, 1.807) is 6.20 Å². The molecule has 0 saturated carbocycles. The predicted molar refractivity (Wildman–Crippen MR) is 59.0 cm³/mol. The third kappa shape index (κ3) is 1.42. The number of nitrogen functional groups attached to an aromatic ring is 1. The van der Waals surface area contributed by atoms with Crippen LogP contribution in [0.2, 0.25) is 0 Å². The summed E-state index contributed by atoms with van der Waals surface area (Å²) >= 11 is 0. The Balaban J connectivity index is 2.31. The summed E-state index contributed by atoms with van der Waals surface area (Å²) in [4.78, 5) is 27.3. The predicted octanol–water partition coefficient (Wildman–Crippen LogP) is -0.723. The van der Waals surface area contributed by atoms with Crippen molar-refractivity contribution >= 4 is 17.0 Å². The van der Waals surface area contributed by atoms with Crippen molar-refractivity contribution in [2.45, 2.75) is 0 Å². The SMILES string of the molecule is Nc1ccn(-n2cnc3cncnc32)c(=O)n1. The van der Waals surface area contributed by atoms with Gasteiger partial charge in [-0.2, -0.15) is 4.98 Å². The molecule has 0 amide bonds. The molecule has 0 aliphatic carbocycles. The van der Waals surface area contributed by atoms with Gasteiger partial charge in [-0.1, -0.05) is 0 Å². The molecule has 0 saturated heterocycles. The number of aromatic nitrogens is 6.